The van der Waals surface area contributed by atoms with Gasteiger partial charge in [0.2, 0.25) is 5.91 Å². The molecule has 0 bridgehead atoms. The number of nitrogens with zero attached hydrogens (tertiary/aromatic N) is 2. The number of benzene rings is 2. The summed E-state index contributed by atoms with van der Waals surface area (Å²) in [4.78, 5) is 17.5. The van der Waals surface area contributed by atoms with Crippen molar-refractivity contribution in [2.45, 2.75) is 51.0 Å². The molecule has 0 spiro atoms. The Bertz CT molecular complexity index is 940. The van der Waals surface area contributed by atoms with E-state index in [9.17, 15) is 4.79 Å². The lowest BCUT2D eigenvalue weighted by Gasteiger charge is -2.36. The molecular weight excluding hydrogens is 426 g/mol. The fourth-order valence-electron chi connectivity index (χ4n) is 5.24. The first kappa shape index (κ1) is 24.4. The van der Waals surface area contributed by atoms with Gasteiger partial charge < -0.3 is 19.7 Å². The zero-order valence-corrected chi connectivity index (χ0v) is 20.7. The molecule has 1 aliphatic carbocycles. The smallest absolute Gasteiger partial charge is 0.220 e. The molecule has 1 aliphatic heterocycles. The highest BCUT2D eigenvalue weighted by molar-refractivity contribution is 5.76. The maximum absolute atomic E-state index is 12.6. The van der Waals surface area contributed by atoms with Crippen LogP contribution in [0.3, 0.4) is 0 Å². The number of piperazine rings is 1. The Hall–Kier alpha value is -2.73. The number of carbonyl (C=O) groups excluding carboxylic acids is 1. The van der Waals surface area contributed by atoms with Gasteiger partial charge in [0.15, 0.2) is 0 Å². The van der Waals surface area contributed by atoms with Gasteiger partial charge in [0.05, 0.1) is 25.9 Å². The zero-order valence-electron chi connectivity index (χ0n) is 20.7. The predicted molar refractivity (Wildman–Crippen MR) is 137 cm³/mol. The van der Waals surface area contributed by atoms with Crippen molar-refractivity contribution >= 4 is 11.6 Å². The van der Waals surface area contributed by atoms with Crippen LogP contribution in [0.1, 0.15) is 55.7 Å². The lowest BCUT2D eigenvalue weighted by molar-refractivity contribution is -0.122. The Kier molecular flexibility index (Phi) is 8.69. The molecule has 2 aromatic carbocycles. The van der Waals surface area contributed by atoms with E-state index >= 15 is 0 Å². The first-order valence-electron chi connectivity index (χ1n) is 12.7. The summed E-state index contributed by atoms with van der Waals surface area (Å²) in [6.07, 6.45) is 7.00. The largest absolute Gasteiger partial charge is 0.497 e. The van der Waals surface area contributed by atoms with Crippen LogP contribution in [0.2, 0.25) is 0 Å². The third-order valence-corrected chi connectivity index (χ3v) is 7.18. The van der Waals surface area contributed by atoms with Crippen LogP contribution in [0.4, 0.5) is 5.69 Å². The number of hydrogen-bond donors (Lipinski definition) is 1. The maximum Gasteiger partial charge on any atom is 0.220 e. The molecule has 184 valence electrons. The van der Waals surface area contributed by atoms with E-state index in [1.807, 2.05) is 18.2 Å². The number of amides is 1. The summed E-state index contributed by atoms with van der Waals surface area (Å²) in [5.74, 6) is 2.02. The van der Waals surface area contributed by atoms with E-state index < -0.39 is 0 Å². The molecule has 2 aromatic rings. The van der Waals surface area contributed by atoms with Crippen LogP contribution < -0.4 is 19.7 Å². The quantitative estimate of drug-likeness (QED) is 0.521. The van der Waals surface area contributed by atoms with Gasteiger partial charge in [0, 0.05) is 32.6 Å². The van der Waals surface area contributed by atoms with E-state index in [0.717, 1.165) is 82.7 Å². The molecule has 1 N–H and O–H groups in total. The Morgan fingerprint density at radius 3 is 2.62 bits per heavy atom. The molecule has 0 radical (unpaired) electrons. The number of anilines is 1. The van der Waals surface area contributed by atoms with Crippen LogP contribution in [0.5, 0.6) is 11.5 Å². The summed E-state index contributed by atoms with van der Waals surface area (Å²) in [6, 6.07) is 14.6. The molecule has 34 heavy (non-hydrogen) atoms. The van der Waals surface area contributed by atoms with Crippen molar-refractivity contribution in [3.05, 3.63) is 53.6 Å². The number of ether oxygens (including phenoxy) is 2. The van der Waals surface area contributed by atoms with Gasteiger partial charge in [0.1, 0.15) is 11.5 Å². The fraction of sp³-hybridized carbons (Fsp3) is 0.536. The first-order chi connectivity index (χ1) is 16.7. The van der Waals surface area contributed by atoms with E-state index in [0.29, 0.717) is 6.42 Å². The molecule has 0 aromatic heterocycles. The highest BCUT2D eigenvalue weighted by Crippen LogP contribution is 2.32. The van der Waals surface area contributed by atoms with Gasteiger partial charge in [-0.25, -0.2) is 0 Å². The SMILES string of the molecule is COc1ccc2c(c1)CCCC2NC(=O)CCCCCN1CCN(c2ccccc2OC)CC1. The minimum absolute atomic E-state index is 0.140. The van der Waals surface area contributed by atoms with Gasteiger partial charge in [-0.2, -0.15) is 0 Å². The van der Waals surface area contributed by atoms with E-state index in [1.54, 1.807) is 14.2 Å². The van der Waals surface area contributed by atoms with E-state index in [2.05, 4.69) is 39.4 Å². The molecule has 6 heteroatoms. The summed E-state index contributed by atoms with van der Waals surface area (Å²) >= 11 is 0. The third kappa shape index (κ3) is 6.23. The topological polar surface area (TPSA) is 54.0 Å². The van der Waals surface area contributed by atoms with Crippen LogP contribution in [-0.4, -0.2) is 57.8 Å². The van der Waals surface area contributed by atoms with Crippen LogP contribution in [-0.2, 0) is 11.2 Å². The lowest BCUT2D eigenvalue weighted by Crippen LogP contribution is -2.46. The number of fused-ring (bicyclic) bond motifs is 1. The fourth-order valence-corrected chi connectivity index (χ4v) is 5.24. The van der Waals surface area contributed by atoms with Crippen molar-refractivity contribution in [2.24, 2.45) is 0 Å². The molecule has 6 nitrogen and oxygen atoms in total. The van der Waals surface area contributed by atoms with Crippen molar-refractivity contribution in [2.75, 3.05) is 51.8 Å². The molecule has 4 rings (SSSR count). The molecule has 1 saturated heterocycles. The molecule has 2 aliphatic rings. The normalized spacial score (nSPS) is 18.3. The first-order valence-corrected chi connectivity index (χ1v) is 12.7. The molecule has 0 saturated carbocycles. The molecule has 1 unspecified atom stereocenters. The number of unbranched alkanes of at least 4 members (excludes halogenated alkanes) is 2. The zero-order chi connectivity index (χ0) is 23.8. The van der Waals surface area contributed by atoms with E-state index in [1.165, 1.54) is 16.8 Å². The van der Waals surface area contributed by atoms with Crippen LogP contribution in [0.25, 0.3) is 0 Å². The molecule has 1 amide bonds. The number of methoxy groups -OCH3 is 2. The molecular formula is C28H39N3O3. The summed E-state index contributed by atoms with van der Waals surface area (Å²) in [5, 5.41) is 3.28. The van der Waals surface area contributed by atoms with Crippen molar-refractivity contribution in [3.63, 3.8) is 0 Å². The predicted octanol–water partition coefficient (Wildman–Crippen LogP) is 4.58. The Morgan fingerprint density at radius 2 is 1.82 bits per heavy atom. The number of rotatable bonds is 10. The molecule has 1 heterocycles. The van der Waals surface area contributed by atoms with Gasteiger partial charge in [-0.1, -0.05) is 24.6 Å². The monoisotopic (exact) mass is 465 g/mol. The molecule has 1 atom stereocenters. The van der Waals surface area contributed by atoms with Gasteiger partial charge >= 0.3 is 0 Å². The van der Waals surface area contributed by atoms with E-state index in [-0.39, 0.29) is 11.9 Å². The average molecular weight is 466 g/mol. The summed E-state index contributed by atoms with van der Waals surface area (Å²) in [5.41, 5.74) is 3.75. The standard InChI is InChI=1S/C28H39N3O3/c1-33-23-14-15-24-22(21-23)9-8-10-25(24)29-28(32)13-4-3-7-16-30-17-19-31(20-18-30)26-11-5-6-12-27(26)34-2/h5-6,11-12,14-15,21,25H,3-4,7-10,13,16-20H2,1-2H3,(H,29,32). The van der Waals surface area contributed by atoms with Gasteiger partial charge in [-0.3, -0.25) is 9.69 Å². The maximum atomic E-state index is 12.6. The van der Waals surface area contributed by atoms with Gasteiger partial charge in [-0.15, -0.1) is 0 Å². The summed E-state index contributed by atoms with van der Waals surface area (Å²) < 4.78 is 10.9. The Labute approximate surface area is 204 Å². The van der Waals surface area contributed by atoms with E-state index in [4.69, 9.17) is 9.47 Å². The number of nitrogens with one attached hydrogen (secondary N) is 1. The van der Waals surface area contributed by atoms with Gasteiger partial charge in [0.25, 0.3) is 0 Å². The van der Waals surface area contributed by atoms with Crippen LogP contribution >= 0.6 is 0 Å². The Balaban J connectivity index is 1.12. The highest BCUT2D eigenvalue weighted by atomic mass is 16.5. The molecule has 1 fully saturated rings. The van der Waals surface area contributed by atoms with Crippen molar-refractivity contribution in [1.29, 1.82) is 0 Å². The van der Waals surface area contributed by atoms with Crippen molar-refractivity contribution in [3.8, 4) is 11.5 Å². The van der Waals surface area contributed by atoms with Gasteiger partial charge in [-0.05, 0) is 74.0 Å². The number of aryl methyl sites for hydroxylation is 1. The Morgan fingerprint density at radius 1 is 1.00 bits per heavy atom. The third-order valence-electron chi connectivity index (χ3n) is 7.18. The number of hydrogen-bond acceptors (Lipinski definition) is 5. The van der Waals surface area contributed by atoms with Crippen molar-refractivity contribution in [1.82, 2.24) is 10.2 Å². The second-order valence-corrected chi connectivity index (χ2v) is 9.39. The highest BCUT2D eigenvalue weighted by Gasteiger charge is 2.22. The second kappa shape index (κ2) is 12.1. The minimum Gasteiger partial charge on any atom is -0.497 e. The number of carbonyl (C=O) groups is 1. The summed E-state index contributed by atoms with van der Waals surface area (Å²) in [6.45, 7) is 5.31. The average Bonchev–Trinajstić information content (AvgIpc) is 2.88. The van der Waals surface area contributed by atoms with Crippen molar-refractivity contribution < 1.29 is 14.3 Å². The lowest BCUT2D eigenvalue weighted by atomic mass is 9.87. The second-order valence-electron chi connectivity index (χ2n) is 9.39. The summed E-state index contributed by atoms with van der Waals surface area (Å²) in [7, 11) is 3.44. The van der Waals surface area contributed by atoms with Crippen LogP contribution in [0.15, 0.2) is 42.5 Å². The number of para-hydroxylation sites is 2. The minimum atomic E-state index is 0.140. The van der Waals surface area contributed by atoms with Crippen LogP contribution in [0, 0.1) is 0 Å².